The number of rotatable bonds is 7. The molecule has 0 aromatic carbocycles. The Labute approximate surface area is 222 Å². The third kappa shape index (κ3) is 4.63. The van der Waals surface area contributed by atoms with Gasteiger partial charge in [-0.3, -0.25) is 4.90 Å². The van der Waals surface area contributed by atoms with Crippen LogP contribution < -0.4 is 5.32 Å². The first-order chi connectivity index (χ1) is 18.4. The number of aromatic nitrogens is 6. The summed E-state index contributed by atoms with van der Waals surface area (Å²) >= 11 is 0. The second kappa shape index (κ2) is 9.99. The summed E-state index contributed by atoms with van der Waals surface area (Å²) < 4.78 is 16.9. The number of hydrogen-bond acceptors (Lipinski definition) is 8. The largest absolute Gasteiger partial charge is 0.324 e. The van der Waals surface area contributed by atoms with Gasteiger partial charge in [0.1, 0.15) is 17.3 Å². The van der Waals surface area contributed by atoms with Crippen molar-refractivity contribution in [3.8, 4) is 11.3 Å². The number of fused-ring (bicyclic) bond motifs is 3. The summed E-state index contributed by atoms with van der Waals surface area (Å²) in [7, 11) is 0. The van der Waals surface area contributed by atoms with Crippen molar-refractivity contribution in [1.29, 1.82) is 0 Å². The summed E-state index contributed by atoms with van der Waals surface area (Å²) in [5.74, 6) is 1.26. The lowest BCUT2D eigenvalue weighted by Crippen LogP contribution is -2.52. The summed E-state index contributed by atoms with van der Waals surface area (Å²) in [6, 6.07) is 7.39. The predicted molar refractivity (Wildman–Crippen MR) is 146 cm³/mol. The molecule has 2 saturated heterocycles. The third-order valence-electron chi connectivity index (χ3n) is 7.84. The molecular weight excluding hydrogens is 481 g/mol. The zero-order chi connectivity index (χ0) is 26.4. The first-order valence-corrected chi connectivity index (χ1v) is 13.5. The van der Waals surface area contributed by atoms with Crippen molar-refractivity contribution < 1.29 is 4.39 Å². The van der Waals surface area contributed by atoms with Crippen molar-refractivity contribution in [2.45, 2.75) is 65.2 Å². The predicted octanol–water partition coefficient (Wildman–Crippen LogP) is 4.72. The fraction of sp³-hybridized carbons (Fsp3) is 0.464. The molecule has 4 aromatic rings. The van der Waals surface area contributed by atoms with Gasteiger partial charge in [-0.25, -0.2) is 29.3 Å². The van der Waals surface area contributed by atoms with Gasteiger partial charge in [-0.05, 0) is 57.9 Å². The monoisotopic (exact) mass is 515 g/mol. The van der Waals surface area contributed by atoms with Crippen LogP contribution in [-0.4, -0.2) is 71.0 Å². The first kappa shape index (κ1) is 24.8. The molecule has 4 aromatic heterocycles. The van der Waals surface area contributed by atoms with E-state index in [-0.39, 0.29) is 17.7 Å². The van der Waals surface area contributed by atoms with Crippen molar-refractivity contribution in [2.24, 2.45) is 0 Å². The van der Waals surface area contributed by atoms with E-state index in [1.165, 1.54) is 24.6 Å². The van der Waals surface area contributed by atoms with E-state index in [0.717, 1.165) is 37.5 Å². The van der Waals surface area contributed by atoms with Crippen LogP contribution >= 0.6 is 0 Å². The lowest BCUT2D eigenvalue weighted by atomic mass is 10.1. The maximum atomic E-state index is 14.8. The normalized spacial score (nSPS) is 20.1. The van der Waals surface area contributed by atoms with E-state index in [1.54, 1.807) is 6.20 Å². The van der Waals surface area contributed by atoms with Crippen LogP contribution in [0.4, 0.5) is 16.2 Å². The molecule has 38 heavy (non-hydrogen) atoms. The number of piperazine rings is 1. The minimum absolute atomic E-state index is 0.185. The second-order valence-corrected chi connectivity index (χ2v) is 10.7. The van der Waals surface area contributed by atoms with E-state index in [9.17, 15) is 4.39 Å². The van der Waals surface area contributed by atoms with Gasteiger partial charge in [0.2, 0.25) is 5.95 Å². The third-order valence-corrected chi connectivity index (χ3v) is 7.84. The van der Waals surface area contributed by atoms with Crippen LogP contribution in [0.25, 0.3) is 22.4 Å². The molecule has 0 amide bonds. The Balaban J connectivity index is 1.19. The molecule has 2 fully saturated rings. The van der Waals surface area contributed by atoms with Crippen LogP contribution in [0.2, 0.25) is 0 Å². The zero-order valence-electron chi connectivity index (χ0n) is 22.4. The molecule has 6 rings (SSSR count). The molecule has 2 bridgehead atoms. The number of pyridine rings is 2. The number of likely N-dealkylation sites (N-methyl/N-ethyl adjacent to an activating group) is 1. The fourth-order valence-corrected chi connectivity index (χ4v) is 6.01. The smallest absolute Gasteiger partial charge is 0.229 e. The summed E-state index contributed by atoms with van der Waals surface area (Å²) in [5, 5.41) is 3.13. The number of aryl methyl sites for hydroxylation is 1. The summed E-state index contributed by atoms with van der Waals surface area (Å²) in [6.07, 6.45) is 7.25. The second-order valence-electron chi connectivity index (χ2n) is 10.7. The van der Waals surface area contributed by atoms with Crippen molar-refractivity contribution in [3.05, 3.63) is 54.0 Å². The summed E-state index contributed by atoms with van der Waals surface area (Å²) in [5.41, 5.74) is 3.43. The number of nitrogens with zero attached hydrogens (tertiary/aromatic N) is 8. The molecule has 6 heterocycles. The molecule has 2 atom stereocenters. The van der Waals surface area contributed by atoms with E-state index in [1.807, 2.05) is 25.3 Å². The van der Waals surface area contributed by atoms with Crippen molar-refractivity contribution in [1.82, 2.24) is 39.3 Å². The summed E-state index contributed by atoms with van der Waals surface area (Å²) in [6.45, 7) is 12.7. The highest BCUT2D eigenvalue weighted by atomic mass is 19.1. The molecule has 0 saturated carbocycles. The molecule has 2 aliphatic rings. The minimum Gasteiger partial charge on any atom is -0.324 e. The molecule has 2 unspecified atom stereocenters. The number of halogens is 1. The molecule has 2 aliphatic heterocycles. The minimum atomic E-state index is -0.509. The van der Waals surface area contributed by atoms with Crippen molar-refractivity contribution >= 4 is 22.9 Å². The standard InChI is InChI=1S/C28H34FN9/c1-5-36-15-21-7-8-22(16-36)37(21)14-19-6-9-25(30-11-19)34-28-32-13-23(29)26(35-28)20-10-24-27(31-12-20)33-18(4)38(24)17(2)3/h6,9-13,17,21-22H,5,7-8,14-16H2,1-4H3,(H,30,32,34,35). The van der Waals surface area contributed by atoms with Gasteiger partial charge in [0, 0.05) is 55.7 Å². The van der Waals surface area contributed by atoms with Crippen molar-refractivity contribution in [3.63, 3.8) is 0 Å². The average molecular weight is 516 g/mol. The first-order valence-electron chi connectivity index (χ1n) is 13.5. The maximum Gasteiger partial charge on any atom is 0.229 e. The topological polar surface area (TPSA) is 87.9 Å². The van der Waals surface area contributed by atoms with Crippen LogP contribution in [0.15, 0.2) is 36.8 Å². The van der Waals surface area contributed by atoms with Crippen LogP contribution in [0.1, 0.15) is 51.0 Å². The Morgan fingerprint density at radius 1 is 1.03 bits per heavy atom. The van der Waals surface area contributed by atoms with E-state index in [4.69, 9.17) is 0 Å². The highest BCUT2D eigenvalue weighted by molar-refractivity contribution is 5.78. The zero-order valence-corrected chi connectivity index (χ0v) is 22.4. The van der Waals surface area contributed by atoms with Crippen LogP contribution in [0, 0.1) is 12.7 Å². The Morgan fingerprint density at radius 3 is 2.50 bits per heavy atom. The number of imidazole rings is 1. The number of nitrogens with one attached hydrogen (secondary N) is 1. The lowest BCUT2D eigenvalue weighted by Gasteiger charge is -2.40. The van der Waals surface area contributed by atoms with Gasteiger partial charge in [0.25, 0.3) is 0 Å². The van der Waals surface area contributed by atoms with E-state index in [2.05, 4.69) is 71.4 Å². The molecule has 0 radical (unpaired) electrons. The number of anilines is 2. The van der Waals surface area contributed by atoms with Crippen LogP contribution in [0.5, 0.6) is 0 Å². The van der Waals surface area contributed by atoms with Gasteiger partial charge in [-0.1, -0.05) is 13.0 Å². The van der Waals surface area contributed by atoms with Crippen LogP contribution in [0.3, 0.4) is 0 Å². The highest BCUT2D eigenvalue weighted by Crippen LogP contribution is 2.32. The molecular formula is C28H34FN9. The molecule has 9 nitrogen and oxygen atoms in total. The molecule has 0 spiro atoms. The van der Waals surface area contributed by atoms with E-state index in [0.29, 0.717) is 29.1 Å². The van der Waals surface area contributed by atoms with E-state index < -0.39 is 5.82 Å². The quantitative estimate of drug-likeness (QED) is 0.378. The van der Waals surface area contributed by atoms with Gasteiger partial charge >= 0.3 is 0 Å². The Morgan fingerprint density at radius 2 is 1.82 bits per heavy atom. The molecule has 1 N–H and O–H groups in total. The lowest BCUT2D eigenvalue weighted by molar-refractivity contribution is 0.0641. The Kier molecular flexibility index (Phi) is 6.53. The van der Waals surface area contributed by atoms with E-state index >= 15 is 0 Å². The Bertz CT molecular complexity index is 1430. The van der Waals surface area contributed by atoms with Crippen LogP contribution in [-0.2, 0) is 6.54 Å². The highest BCUT2D eigenvalue weighted by Gasteiger charge is 2.39. The van der Waals surface area contributed by atoms with Gasteiger partial charge in [-0.2, -0.15) is 0 Å². The number of hydrogen-bond donors (Lipinski definition) is 1. The summed E-state index contributed by atoms with van der Waals surface area (Å²) in [4.78, 5) is 27.4. The SMILES string of the molecule is CCN1CC2CCC(C1)N2Cc1ccc(Nc2ncc(F)c(-c3cnc4nc(C)n(C(C)C)c4c3)n2)nc1. The molecule has 10 heteroatoms. The maximum absolute atomic E-state index is 14.8. The van der Waals surface area contributed by atoms with Gasteiger partial charge in [0.05, 0.1) is 11.7 Å². The molecule has 0 aliphatic carbocycles. The average Bonchev–Trinajstić information content (AvgIpc) is 3.35. The number of likely N-dealkylation sites (tertiary alicyclic amines) is 1. The van der Waals surface area contributed by atoms with Crippen molar-refractivity contribution in [2.75, 3.05) is 25.0 Å². The Hall–Kier alpha value is -3.50. The van der Waals surface area contributed by atoms with Gasteiger partial charge < -0.3 is 14.8 Å². The molecule has 198 valence electrons. The van der Waals surface area contributed by atoms with Gasteiger partial charge in [0.15, 0.2) is 11.5 Å². The fourth-order valence-electron chi connectivity index (χ4n) is 6.01. The van der Waals surface area contributed by atoms with Gasteiger partial charge in [-0.15, -0.1) is 0 Å².